The molecule has 1 N–H and O–H groups in total. The van der Waals surface area contributed by atoms with E-state index in [0.29, 0.717) is 5.56 Å². The summed E-state index contributed by atoms with van der Waals surface area (Å²) in [5, 5.41) is 10.2. The summed E-state index contributed by atoms with van der Waals surface area (Å²) in [6.07, 6.45) is -1.01. The van der Waals surface area contributed by atoms with Crippen LogP contribution in [0.5, 0.6) is 0 Å². The van der Waals surface area contributed by atoms with E-state index in [0.717, 1.165) is 0 Å². The number of sulfonamides is 1. The number of carbonyl (C=O) groups is 1. The first-order chi connectivity index (χ1) is 13.0. The normalized spacial score (nSPS) is 13.5. The van der Waals surface area contributed by atoms with E-state index in [9.17, 15) is 18.3 Å². The zero-order chi connectivity index (χ0) is 21.1. The molecule has 7 nitrogen and oxygen atoms in total. The number of carbonyl (C=O) groups excluding carboxylic acids is 1. The van der Waals surface area contributed by atoms with Gasteiger partial charge < -0.3 is 14.3 Å². The van der Waals surface area contributed by atoms with Crippen molar-refractivity contribution in [3.63, 3.8) is 0 Å². The molecule has 0 aliphatic rings. The lowest BCUT2D eigenvalue weighted by Crippen LogP contribution is -2.40. The maximum atomic E-state index is 13.2. The summed E-state index contributed by atoms with van der Waals surface area (Å²) in [6.45, 7) is 7.22. The molecule has 0 unspecified atom stereocenters. The van der Waals surface area contributed by atoms with E-state index in [1.807, 2.05) is 26.8 Å². The number of aliphatic hydroxyl groups excluding tert-OH is 1. The molecule has 1 aromatic heterocycles. The molecule has 0 aliphatic carbocycles. The molecule has 2 rings (SSSR count). The van der Waals surface area contributed by atoms with E-state index in [1.54, 1.807) is 24.3 Å². The van der Waals surface area contributed by atoms with Crippen LogP contribution in [0.1, 0.15) is 48.6 Å². The van der Waals surface area contributed by atoms with Crippen LogP contribution in [0.4, 0.5) is 0 Å². The minimum Gasteiger partial charge on any atom is -0.465 e. The standard InChI is InChI=1S/C20H27NO6S/c1-14-16(19(23)26-5)11-18(27-14)28(24,25)21(13-20(2,3)4)12-17(22)15-9-7-6-8-10-15/h6-11,17,22H,12-13H2,1-5H3/t17-/m0/s1. The van der Waals surface area contributed by atoms with Crippen molar-refractivity contribution in [3.8, 4) is 0 Å². The first-order valence-corrected chi connectivity index (χ1v) is 10.3. The number of furan rings is 1. The van der Waals surface area contributed by atoms with Crippen LogP contribution < -0.4 is 0 Å². The quantitative estimate of drug-likeness (QED) is 0.706. The van der Waals surface area contributed by atoms with Gasteiger partial charge in [0, 0.05) is 19.2 Å². The van der Waals surface area contributed by atoms with E-state index >= 15 is 0 Å². The predicted molar refractivity (Wildman–Crippen MR) is 104 cm³/mol. The lowest BCUT2D eigenvalue weighted by molar-refractivity contribution is 0.0598. The molecule has 0 saturated carbocycles. The highest BCUT2D eigenvalue weighted by Gasteiger charge is 2.34. The van der Waals surface area contributed by atoms with Crippen molar-refractivity contribution in [2.24, 2.45) is 5.41 Å². The van der Waals surface area contributed by atoms with Crippen molar-refractivity contribution in [1.82, 2.24) is 4.31 Å². The van der Waals surface area contributed by atoms with Crippen molar-refractivity contribution < 1.29 is 27.5 Å². The van der Waals surface area contributed by atoms with Crippen LogP contribution in [0.2, 0.25) is 0 Å². The number of hydrogen-bond acceptors (Lipinski definition) is 6. The molecule has 1 atom stereocenters. The first kappa shape index (κ1) is 22.1. The molecule has 0 aliphatic heterocycles. The maximum Gasteiger partial charge on any atom is 0.341 e. The fourth-order valence-electron chi connectivity index (χ4n) is 2.77. The monoisotopic (exact) mass is 409 g/mol. The molecule has 0 fully saturated rings. The summed E-state index contributed by atoms with van der Waals surface area (Å²) >= 11 is 0. The number of esters is 1. The molecule has 0 spiro atoms. The van der Waals surface area contributed by atoms with E-state index in [-0.39, 0.29) is 34.9 Å². The number of aliphatic hydroxyl groups is 1. The second-order valence-corrected chi connectivity index (χ2v) is 9.68. The van der Waals surface area contributed by atoms with Crippen LogP contribution in [0.15, 0.2) is 45.9 Å². The highest BCUT2D eigenvalue weighted by molar-refractivity contribution is 7.89. The van der Waals surface area contributed by atoms with Crippen LogP contribution in [-0.2, 0) is 14.8 Å². The molecule has 0 saturated heterocycles. The number of rotatable bonds is 7. The van der Waals surface area contributed by atoms with Gasteiger partial charge in [0.05, 0.1) is 13.2 Å². The van der Waals surface area contributed by atoms with Crippen LogP contribution in [0.3, 0.4) is 0 Å². The predicted octanol–water partition coefficient (Wildman–Crippen LogP) is 3.15. The molecule has 0 amide bonds. The van der Waals surface area contributed by atoms with Gasteiger partial charge in [0.25, 0.3) is 10.0 Å². The van der Waals surface area contributed by atoms with E-state index in [2.05, 4.69) is 4.74 Å². The smallest absolute Gasteiger partial charge is 0.341 e. The minimum atomic E-state index is -4.08. The van der Waals surface area contributed by atoms with E-state index in [1.165, 1.54) is 24.4 Å². The summed E-state index contributed by atoms with van der Waals surface area (Å²) in [6, 6.07) is 10.0. The number of aryl methyl sites for hydroxylation is 1. The Kier molecular flexibility index (Phi) is 6.69. The lowest BCUT2D eigenvalue weighted by Gasteiger charge is -2.30. The molecule has 2 aromatic rings. The van der Waals surface area contributed by atoms with Crippen LogP contribution in [0.25, 0.3) is 0 Å². The Morgan fingerprint density at radius 2 is 1.86 bits per heavy atom. The third kappa shape index (κ3) is 5.21. The van der Waals surface area contributed by atoms with E-state index < -0.39 is 22.1 Å². The number of methoxy groups -OCH3 is 1. The van der Waals surface area contributed by atoms with Gasteiger partial charge in [-0.25, -0.2) is 13.2 Å². The molecular formula is C20H27NO6S. The van der Waals surface area contributed by atoms with Gasteiger partial charge in [0.2, 0.25) is 5.09 Å². The first-order valence-electron chi connectivity index (χ1n) is 8.87. The largest absolute Gasteiger partial charge is 0.465 e. The third-order valence-corrected chi connectivity index (χ3v) is 5.77. The SMILES string of the molecule is COC(=O)c1cc(S(=O)(=O)N(C[C@H](O)c2ccccc2)CC(C)(C)C)oc1C. The highest BCUT2D eigenvalue weighted by Crippen LogP contribution is 2.28. The topological polar surface area (TPSA) is 97.1 Å². The summed E-state index contributed by atoms with van der Waals surface area (Å²) in [7, 11) is -2.87. The Balaban J connectivity index is 2.40. The molecule has 28 heavy (non-hydrogen) atoms. The molecule has 0 bridgehead atoms. The van der Waals surface area contributed by atoms with Gasteiger partial charge in [0.15, 0.2) is 0 Å². The van der Waals surface area contributed by atoms with Crippen molar-refractivity contribution in [3.05, 3.63) is 53.3 Å². The molecule has 1 aromatic carbocycles. The summed E-state index contributed by atoms with van der Waals surface area (Å²) in [5.74, 6) is -0.515. The average molecular weight is 410 g/mol. The van der Waals surface area contributed by atoms with Gasteiger partial charge >= 0.3 is 5.97 Å². The Labute approximate surface area is 166 Å². The fourth-order valence-corrected chi connectivity index (χ4v) is 4.42. The average Bonchev–Trinajstić information content (AvgIpc) is 3.02. The van der Waals surface area contributed by atoms with Gasteiger partial charge in [-0.2, -0.15) is 4.31 Å². The van der Waals surface area contributed by atoms with Crippen molar-refractivity contribution in [2.45, 2.75) is 38.9 Å². The molecule has 154 valence electrons. The zero-order valence-corrected chi connectivity index (χ0v) is 17.6. The highest BCUT2D eigenvalue weighted by atomic mass is 32.2. The van der Waals surface area contributed by atoms with Crippen molar-refractivity contribution in [1.29, 1.82) is 0 Å². The second kappa shape index (κ2) is 8.46. The second-order valence-electron chi connectivity index (χ2n) is 7.81. The van der Waals surface area contributed by atoms with Gasteiger partial charge in [0.1, 0.15) is 11.3 Å². The molecular weight excluding hydrogens is 382 g/mol. The Hall–Kier alpha value is -2.16. The summed E-state index contributed by atoms with van der Waals surface area (Å²) in [4.78, 5) is 11.8. The van der Waals surface area contributed by atoms with Crippen LogP contribution in [-0.4, -0.2) is 44.0 Å². The van der Waals surface area contributed by atoms with Crippen molar-refractivity contribution >= 4 is 16.0 Å². The summed E-state index contributed by atoms with van der Waals surface area (Å²) in [5.41, 5.74) is 0.305. The van der Waals surface area contributed by atoms with Gasteiger partial charge in [-0.05, 0) is 17.9 Å². The maximum absolute atomic E-state index is 13.2. The lowest BCUT2D eigenvalue weighted by atomic mass is 9.97. The minimum absolute atomic E-state index is 0.0559. The number of ether oxygens (including phenoxy) is 1. The van der Waals surface area contributed by atoms with Crippen molar-refractivity contribution in [2.75, 3.05) is 20.2 Å². The van der Waals surface area contributed by atoms with Gasteiger partial charge in [-0.1, -0.05) is 51.1 Å². The third-order valence-electron chi connectivity index (χ3n) is 4.11. The Morgan fingerprint density at radius 1 is 1.25 bits per heavy atom. The van der Waals surface area contributed by atoms with Gasteiger partial charge in [-0.3, -0.25) is 0 Å². The summed E-state index contributed by atoms with van der Waals surface area (Å²) < 4.78 is 37.7. The van der Waals surface area contributed by atoms with Gasteiger partial charge in [-0.15, -0.1) is 0 Å². The Morgan fingerprint density at radius 3 is 2.39 bits per heavy atom. The number of hydrogen-bond donors (Lipinski definition) is 1. The van der Waals surface area contributed by atoms with Crippen LogP contribution in [0, 0.1) is 12.3 Å². The zero-order valence-electron chi connectivity index (χ0n) is 16.8. The number of nitrogens with zero attached hydrogens (tertiary/aromatic N) is 1. The Bertz CT molecular complexity index is 912. The van der Waals surface area contributed by atoms with Crippen LogP contribution >= 0.6 is 0 Å². The number of benzene rings is 1. The molecule has 8 heteroatoms. The van der Waals surface area contributed by atoms with E-state index in [4.69, 9.17) is 4.42 Å². The molecule has 1 heterocycles. The molecule has 0 radical (unpaired) electrons. The fraction of sp³-hybridized carbons (Fsp3) is 0.450.